The van der Waals surface area contributed by atoms with Crippen molar-refractivity contribution in [1.82, 2.24) is 4.98 Å². The van der Waals surface area contributed by atoms with E-state index in [1.165, 1.54) is 0 Å². The van der Waals surface area contributed by atoms with Crippen molar-refractivity contribution in [3.63, 3.8) is 0 Å². The van der Waals surface area contributed by atoms with Gasteiger partial charge in [-0.05, 0) is 22.6 Å². The highest BCUT2D eigenvalue weighted by Gasteiger charge is 2.18. The molecule has 0 unspecified atom stereocenters. The molecule has 0 radical (unpaired) electrons. The number of pyridine rings is 1. The SMILES string of the molecule is NCc1c(F)cc(I)nc1C(F)F. The Morgan fingerprint density at radius 3 is 2.62 bits per heavy atom. The first-order chi connectivity index (χ1) is 6.06. The van der Waals surface area contributed by atoms with Crippen molar-refractivity contribution in [2.45, 2.75) is 13.0 Å². The zero-order chi connectivity index (χ0) is 10.0. The molecule has 0 aliphatic rings. The average molecular weight is 302 g/mol. The van der Waals surface area contributed by atoms with Gasteiger partial charge >= 0.3 is 0 Å². The number of aromatic nitrogens is 1. The minimum Gasteiger partial charge on any atom is -0.326 e. The number of nitrogens with zero attached hydrogens (tertiary/aromatic N) is 1. The van der Waals surface area contributed by atoms with E-state index in [0.29, 0.717) is 0 Å². The number of hydrogen-bond donors (Lipinski definition) is 1. The lowest BCUT2D eigenvalue weighted by atomic mass is 10.2. The molecular formula is C7H6F3IN2. The molecule has 0 aliphatic heterocycles. The zero-order valence-corrected chi connectivity index (χ0v) is 8.56. The van der Waals surface area contributed by atoms with Crippen LogP contribution in [0.3, 0.4) is 0 Å². The van der Waals surface area contributed by atoms with Crippen molar-refractivity contribution in [2.75, 3.05) is 0 Å². The monoisotopic (exact) mass is 302 g/mol. The van der Waals surface area contributed by atoms with Gasteiger partial charge in [0.2, 0.25) is 0 Å². The Morgan fingerprint density at radius 2 is 2.15 bits per heavy atom. The fraction of sp³-hybridized carbons (Fsp3) is 0.286. The molecule has 0 spiro atoms. The van der Waals surface area contributed by atoms with E-state index in [1.807, 2.05) is 0 Å². The van der Waals surface area contributed by atoms with Crippen molar-refractivity contribution in [3.8, 4) is 0 Å². The number of nitrogens with two attached hydrogens (primary N) is 1. The van der Waals surface area contributed by atoms with Crippen molar-refractivity contribution in [1.29, 1.82) is 0 Å². The standard InChI is InChI=1S/C7H6F3IN2/c8-4-1-5(11)13-6(7(9)10)3(4)2-12/h1,7H,2,12H2. The highest BCUT2D eigenvalue weighted by Crippen LogP contribution is 2.23. The van der Waals surface area contributed by atoms with Gasteiger partial charge in [0.25, 0.3) is 6.43 Å². The molecule has 2 N–H and O–H groups in total. The normalized spacial score (nSPS) is 10.9. The van der Waals surface area contributed by atoms with E-state index in [-0.39, 0.29) is 15.8 Å². The van der Waals surface area contributed by atoms with Crippen LogP contribution in [0.5, 0.6) is 0 Å². The maximum absolute atomic E-state index is 13.0. The summed E-state index contributed by atoms with van der Waals surface area (Å²) in [5.74, 6) is -0.725. The lowest BCUT2D eigenvalue weighted by Crippen LogP contribution is -2.08. The Hall–Kier alpha value is -0.370. The first-order valence-corrected chi connectivity index (χ1v) is 4.47. The topological polar surface area (TPSA) is 38.9 Å². The summed E-state index contributed by atoms with van der Waals surface area (Å²) < 4.78 is 37.8. The van der Waals surface area contributed by atoms with Crippen LogP contribution in [0.15, 0.2) is 6.07 Å². The van der Waals surface area contributed by atoms with Crippen molar-refractivity contribution in [2.24, 2.45) is 5.73 Å². The van der Waals surface area contributed by atoms with Gasteiger partial charge in [0.1, 0.15) is 15.2 Å². The van der Waals surface area contributed by atoms with Gasteiger partial charge in [0.15, 0.2) is 0 Å². The van der Waals surface area contributed by atoms with Gasteiger partial charge in [-0.15, -0.1) is 0 Å². The highest BCUT2D eigenvalue weighted by molar-refractivity contribution is 14.1. The van der Waals surface area contributed by atoms with Crippen LogP contribution in [-0.2, 0) is 6.54 Å². The first-order valence-electron chi connectivity index (χ1n) is 3.39. The van der Waals surface area contributed by atoms with Gasteiger partial charge in [-0.25, -0.2) is 18.2 Å². The van der Waals surface area contributed by atoms with E-state index in [2.05, 4.69) is 4.98 Å². The van der Waals surface area contributed by atoms with Crippen molar-refractivity contribution >= 4 is 22.6 Å². The van der Waals surface area contributed by atoms with E-state index < -0.39 is 17.9 Å². The van der Waals surface area contributed by atoms with Crippen molar-refractivity contribution < 1.29 is 13.2 Å². The van der Waals surface area contributed by atoms with Gasteiger partial charge < -0.3 is 5.73 Å². The maximum Gasteiger partial charge on any atom is 0.280 e. The van der Waals surface area contributed by atoms with E-state index in [4.69, 9.17) is 5.73 Å². The number of rotatable bonds is 2. The van der Waals surface area contributed by atoms with Crippen LogP contribution >= 0.6 is 22.6 Å². The molecule has 0 aliphatic carbocycles. The molecule has 0 fully saturated rings. The summed E-state index contributed by atoms with van der Waals surface area (Å²) in [6.45, 7) is -0.268. The third-order valence-electron chi connectivity index (χ3n) is 1.48. The Morgan fingerprint density at radius 1 is 1.54 bits per heavy atom. The molecule has 0 bridgehead atoms. The molecule has 0 atom stereocenters. The first kappa shape index (κ1) is 10.7. The van der Waals surface area contributed by atoms with Crippen LogP contribution in [0, 0.1) is 9.52 Å². The van der Waals surface area contributed by atoms with E-state index in [9.17, 15) is 13.2 Å². The second-order valence-electron chi connectivity index (χ2n) is 2.30. The van der Waals surface area contributed by atoms with Gasteiger partial charge in [0, 0.05) is 18.2 Å². The molecule has 1 heterocycles. The van der Waals surface area contributed by atoms with E-state index >= 15 is 0 Å². The Balaban J connectivity index is 3.29. The van der Waals surface area contributed by atoms with E-state index in [1.54, 1.807) is 22.6 Å². The zero-order valence-electron chi connectivity index (χ0n) is 6.40. The van der Waals surface area contributed by atoms with Crippen LogP contribution in [-0.4, -0.2) is 4.98 Å². The Labute approximate surface area is 86.5 Å². The fourth-order valence-electron chi connectivity index (χ4n) is 0.911. The minimum absolute atomic E-state index is 0.197. The Kier molecular flexibility index (Phi) is 3.48. The number of alkyl halides is 2. The maximum atomic E-state index is 13.0. The minimum atomic E-state index is -2.79. The third-order valence-corrected chi connectivity index (χ3v) is 2.03. The summed E-state index contributed by atoms with van der Waals surface area (Å²) in [7, 11) is 0. The predicted molar refractivity (Wildman–Crippen MR) is 49.8 cm³/mol. The summed E-state index contributed by atoms with van der Waals surface area (Å²) in [5, 5.41) is 0. The van der Waals surface area contributed by atoms with Gasteiger partial charge in [-0.1, -0.05) is 0 Å². The highest BCUT2D eigenvalue weighted by atomic mass is 127. The molecule has 6 heteroatoms. The summed E-state index contributed by atoms with van der Waals surface area (Å²) in [5.41, 5.74) is 4.35. The molecule has 1 aromatic rings. The molecule has 2 nitrogen and oxygen atoms in total. The van der Waals surface area contributed by atoms with Gasteiger partial charge in [-0.2, -0.15) is 0 Å². The lowest BCUT2D eigenvalue weighted by molar-refractivity contribution is 0.144. The molecule has 13 heavy (non-hydrogen) atoms. The van der Waals surface area contributed by atoms with Gasteiger partial charge in [0.05, 0.1) is 0 Å². The molecular weight excluding hydrogens is 296 g/mol. The van der Waals surface area contributed by atoms with Gasteiger partial charge in [-0.3, -0.25) is 0 Å². The molecule has 0 aromatic carbocycles. The molecule has 1 aromatic heterocycles. The van der Waals surface area contributed by atoms with Crippen LogP contribution in [0.2, 0.25) is 0 Å². The van der Waals surface area contributed by atoms with Crippen molar-refractivity contribution in [3.05, 3.63) is 26.8 Å². The quantitative estimate of drug-likeness (QED) is 0.672. The second-order valence-corrected chi connectivity index (χ2v) is 3.40. The van der Waals surface area contributed by atoms with Crippen LogP contribution in [0.1, 0.15) is 17.7 Å². The van der Waals surface area contributed by atoms with Crippen LogP contribution in [0.25, 0.3) is 0 Å². The average Bonchev–Trinajstić information content (AvgIpc) is 2.02. The molecule has 0 saturated heterocycles. The fourth-order valence-corrected chi connectivity index (χ4v) is 1.44. The Bertz CT molecular complexity index is 317. The third kappa shape index (κ3) is 2.31. The van der Waals surface area contributed by atoms with Crippen LogP contribution < -0.4 is 5.73 Å². The predicted octanol–water partition coefficient (Wildman–Crippen LogP) is 2.22. The lowest BCUT2D eigenvalue weighted by Gasteiger charge is -2.07. The summed E-state index contributed by atoms with van der Waals surface area (Å²) in [4.78, 5) is 3.52. The molecule has 1 rings (SSSR count). The number of halogens is 4. The molecule has 0 amide bonds. The van der Waals surface area contributed by atoms with E-state index in [0.717, 1.165) is 6.07 Å². The van der Waals surface area contributed by atoms with Crippen LogP contribution in [0.4, 0.5) is 13.2 Å². The second kappa shape index (κ2) is 4.23. The number of hydrogen-bond acceptors (Lipinski definition) is 2. The summed E-state index contributed by atoms with van der Waals surface area (Å²) in [6, 6.07) is 1.08. The summed E-state index contributed by atoms with van der Waals surface area (Å²) in [6.07, 6.45) is -2.79. The smallest absolute Gasteiger partial charge is 0.280 e. The largest absolute Gasteiger partial charge is 0.326 e. The molecule has 0 saturated carbocycles. The summed E-state index contributed by atoms with van der Waals surface area (Å²) >= 11 is 1.67. The molecule has 72 valence electrons.